The van der Waals surface area contributed by atoms with E-state index in [9.17, 15) is 0 Å². The first-order chi connectivity index (χ1) is 12.3. The van der Waals surface area contributed by atoms with Gasteiger partial charge in [-0.05, 0) is 56.0 Å². The number of amidine groups is 1. The minimum Gasteiger partial charge on any atom is -0.486 e. The lowest BCUT2D eigenvalue weighted by molar-refractivity contribution is 0.266. The molecule has 1 unspecified atom stereocenters. The minimum atomic E-state index is 0.115. The van der Waals surface area contributed by atoms with Crippen LogP contribution in [-0.2, 0) is 6.42 Å². The van der Waals surface area contributed by atoms with Crippen LogP contribution in [0.5, 0.6) is 5.75 Å². The number of hydrazine groups is 1. The Hall–Kier alpha value is -2.59. The zero-order valence-electron chi connectivity index (χ0n) is 14.6. The number of nitrogens with one attached hydrogen (secondary N) is 1. The van der Waals surface area contributed by atoms with Gasteiger partial charge in [0.2, 0.25) is 0 Å². The maximum absolute atomic E-state index is 5.78. The number of hydrogen-bond donors (Lipinski definition) is 2. The molecule has 0 spiro atoms. The summed E-state index contributed by atoms with van der Waals surface area (Å²) in [6.07, 6.45) is 7.48. The van der Waals surface area contributed by atoms with Crippen LogP contribution >= 0.6 is 0 Å². The van der Waals surface area contributed by atoms with Crippen molar-refractivity contribution in [1.82, 2.24) is 5.43 Å². The van der Waals surface area contributed by atoms with Crippen molar-refractivity contribution in [2.24, 2.45) is 10.8 Å². The Balaban J connectivity index is 1.57. The Morgan fingerprint density at radius 1 is 1.16 bits per heavy atom. The van der Waals surface area contributed by atoms with Gasteiger partial charge in [-0.15, -0.1) is 0 Å². The van der Waals surface area contributed by atoms with Crippen LogP contribution in [0, 0.1) is 0 Å². The van der Waals surface area contributed by atoms with E-state index in [1.165, 1.54) is 5.56 Å². The zero-order chi connectivity index (χ0) is 17.5. The Kier molecular flexibility index (Phi) is 5.86. The number of nitrogens with zero attached hydrogens (tertiary/aromatic N) is 1. The Labute approximate surface area is 149 Å². The van der Waals surface area contributed by atoms with Gasteiger partial charge in [0, 0.05) is 17.7 Å². The molecule has 2 aromatic carbocycles. The Bertz CT molecular complexity index is 753. The standard InChI is InChI=1S/C21H25N3O/c1-16-10-11-18-15-19(12-13-20(18)25-16)21(24-22)23-14-6-5-9-17-7-3-2-4-8-17/h2-4,7-8,10-13,15-16H,5-6,9,14,22H2,1H3,(H,23,24). The summed E-state index contributed by atoms with van der Waals surface area (Å²) < 4.78 is 5.78. The molecule has 0 saturated carbocycles. The molecule has 1 atom stereocenters. The summed E-state index contributed by atoms with van der Waals surface area (Å²) in [7, 11) is 0. The molecule has 0 bridgehead atoms. The van der Waals surface area contributed by atoms with Crippen LogP contribution in [0.3, 0.4) is 0 Å². The molecule has 3 rings (SSSR count). The molecule has 1 aliphatic rings. The quantitative estimate of drug-likeness (QED) is 0.278. The maximum atomic E-state index is 5.78. The largest absolute Gasteiger partial charge is 0.486 e. The van der Waals surface area contributed by atoms with Crippen LogP contribution in [0.25, 0.3) is 6.08 Å². The van der Waals surface area contributed by atoms with Crippen molar-refractivity contribution in [2.45, 2.75) is 32.3 Å². The van der Waals surface area contributed by atoms with Crippen LogP contribution in [0.1, 0.15) is 36.5 Å². The van der Waals surface area contributed by atoms with Gasteiger partial charge in [0.25, 0.3) is 0 Å². The molecular weight excluding hydrogens is 310 g/mol. The number of unbranched alkanes of at least 4 members (excludes halogenated alkanes) is 1. The molecular formula is C21H25N3O. The van der Waals surface area contributed by atoms with Gasteiger partial charge >= 0.3 is 0 Å². The van der Waals surface area contributed by atoms with Crippen LogP contribution in [0.15, 0.2) is 59.6 Å². The predicted octanol–water partition coefficient (Wildman–Crippen LogP) is 3.71. The maximum Gasteiger partial charge on any atom is 0.142 e. The topological polar surface area (TPSA) is 59.6 Å². The number of hydrogen-bond acceptors (Lipinski definition) is 3. The fraction of sp³-hybridized carbons (Fsp3) is 0.286. The number of aryl methyl sites for hydroxylation is 1. The van der Waals surface area contributed by atoms with Gasteiger partial charge in [-0.3, -0.25) is 4.99 Å². The summed E-state index contributed by atoms with van der Waals surface area (Å²) in [5.41, 5.74) is 6.14. The van der Waals surface area contributed by atoms with Crippen LogP contribution in [-0.4, -0.2) is 18.5 Å². The average molecular weight is 335 g/mol. The van der Waals surface area contributed by atoms with Gasteiger partial charge in [-0.25, -0.2) is 5.84 Å². The SMILES string of the molecule is CC1C=Cc2cc(C(=NCCCCc3ccccc3)NN)ccc2O1. The molecule has 3 N–H and O–H groups in total. The first-order valence-corrected chi connectivity index (χ1v) is 8.80. The number of fused-ring (bicyclic) bond motifs is 1. The van der Waals surface area contributed by atoms with E-state index < -0.39 is 0 Å². The first kappa shape index (κ1) is 17.2. The Morgan fingerprint density at radius 3 is 2.80 bits per heavy atom. The highest BCUT2D eigenvalue weighted by atomic mass is 16.5. The highest BCUT2D eigenvalue weighted by Crippen LogP contribution is 2.26. The second-order valence-corrected chi connectivity index (χ2v) is 6.25. The summed E-state index contributed by atoms with van der Waals surface area (Å²) in [6.45, 7) is 2.78. The number of aliphatic imine (C=N–C) groups is 1. The lowest BCUT2D eigenvalue weighted by atomic mass is 10.1. The van der Waals surface area contributed by atoms with Crippen LogP contribution in [0.4, 0.5) is 0 Å². The highest BCUT2D eigenvalue weighted by molar-refractivity contribution is 5.99. The molecule has 1 heterocycles. The summed E-state index contributed by atoms with van der Waals surface area (Å²) in [5, 5.41) is 0. The van der Waals surface area contributed by atoms with Crippen molar-refractivity contribution >= 4 is 11.9 Å². The molecule has 0 saturated heterocycles. The summed E-state index contributed by atoms with van der Waals surface area (Å²) in [5.74, 6) is 7.30. The third-order valence-corrected chi connectivity index (χ3v) is 4.27. The highest BCUT2D eigenvalue weighted by Gasteiger charge is 2.12. The molecule has 25 heavy (non-hydrogen) atoms. The Morgan fingerprint density at radius 2 is 2.00 bits per heavy atom. The van der Waals surface area contributed by atoms with Crippen LogP contribution < -0.4 is 16.0 Å². The minimum absolute atomic E-state index is 0.115. The second-order valence-electron chi connectivity index (χ2n) is 6.25. The summed E-state index contributed by atoms with van der Waals surface area (Å²) >= 11 is 0. The molecule has 130 valence electrons. The van der Waals surface area contributed by atoms with Gasteiger partial charge in [-0.2, -0.15) is 0 Å². The molecule has 2 aromatic rings. The van der Waals surface area contributed by atoms with Gasteiger partial charge in [-0.1, -0.05) is 36.4 Å². The smallest absolute Gasteiger partial charge is 0.142 e. The van der Waals surface area contributed by atoms with Crippen molar-refractivity contribution < 1.29 is 4.74 Å². The van der Waals surface area contributed by atoms with E-state index in [0.717, 1.165) is 48.5 Å². The van der Waals surface area contributed by atoms with E-state index >= 15 is 0 Å². The van der Waals surface area contributed by atoms with Gasteiger partial charge in [0.15, 0.2) is 0 Å². The molecule has 1 aliphatic heterocycles. The third kappa shape index (κ3) is 4.70. The monoisotopic (exact) mass is 335 g/mol. The van der Waals surface area contributed by atoms with E-state index in [2.05, 4.69) is 46.8 Å². The molecule has 0 aromatic heterocycles. The van der Waals surface area contributed by atoms with Crippen molar-refractivity contribution in [2.75, 3.05) is 6.54 Å². The second kappa shape index (κ2) is 8.49. The molecule has 0 aliphatic carbocycles. The van der Waals surface area contributed by atoms with Crippen molar-refractivity contribution in [3.63, 3.8) is 0 Å². The fourth-order valence-corrected chi connectivity index (χ4v) is 2.91. The van der Waals surface area contributed by atoms with E-state index in [0.29, 0.717) is 0 Å². The van der Waals surface area contributed by atoms with Gasteiger partial charge in [0.1, 0.15) is 17.7 Å². The number of benzene rings is 2. The van der Waals surface area contributed by atoms with Crippen LogP contribution in [0.2, 0.25) is 0 Å². The summed E-state index contributed by atoms with van der Waals surface area (Å²) in [4.78, 5) is 4.62. The number of nitrogens with two attached hydrogens (primary N) is 1. The molecule has 0 fully saturated rings. The normalized spacial score (nSPS) is 16.2. The van der Waals surface area contributed by atoms with E-state index in [1.807, 2.05) is 31.2 Å². The van der Waals surface area contributed by atoms with Gasteiger partial charge in [0.05, 0.1) is 0 Å². The molecule has 4 nitrogen and oxygen atoms in total. The predicted molar refractivity (Wildman–Crippen MR) is 104 cm³/mol. The lowest BCUT2D eigenvalue weighted by Crippen LogP contribution is -2.31. The van der Waals surface area contributed by atoms with Crippen molar-refractivity contribution in [3.8, 4) is 5.75 Å². The zero-order valence-corrected chi connectivity index (χ0v) is 14.6. The fourth-order valence-electron chi connectivity index (χ4n) is 2.91. The van der Waals surface area contributed by atoms with Crippen molar-refractivity contribution in [1.29, 1.82) is 0 Å². The van der Waals surface area contributed by atoms with Crippen molar-refractivity contribution in [3.05, 3.63) is 71.3 Å². The molecule has 0 amide bonds. The summed E-state index contributed by atoms with van der Waals surface area (Å²) in [6, 6.07) is 16.6. The van der Waals surface area contributed by atoms with E-state index in [-0.39, 0.29) is 6.10 Å². The molecule has 0 radical (unpaired) electrons. The molecule has 4 heteroatoms. The van der Waals surface area contributed by atoms with E-state index in [1.54, 1.807) is 0 Å². The third-order valence-electron chi connectivity index (χ3n) is 4.27. The lowest BCUT2D eigenvalue weighted by Gasteiger charge is -2.19. The number of rotatable bonds is 6. The number of ether oxygens (including phenoxy) is 1. The van der Waals surface area contributed by atoms with Gasteiger partial charge < -0.3 is 10.2 Å². The first-order valence-electron chi connectivity index (χ1n) is 8.80. The average Bonchev–Trinajstić information content (AvgIpc) is 2.65. The van der Waals surface area contributed by atoms with E-state index in [4.69, 9.17) is 10.6 Å².